The molecule has 1 saturated carbocycles. The highest BCUT2D eigenvalue weighted by atomic mass is 16.5. The molecule has 4 heteroatoms. The molecule has 0 saturated heterocycles. The smallest absolute Gasteiger partial charge is 0.232 e. The predicted octanol–water partition coefficient (Wildman–Crippen LogP) is 3.34. The molecule has 1 aromatic rings. The number of hydrogen-bond donors (Lipinski definition) is 1. The van der Waals surface area contributed by atoms with Gasteiger partial charge in [-0.15, -0.1) is 0 Å². The zero-order chi connectivity index (χ0) is 13.2. The van der Waals surface area contributed by atoms with Crippen LogP contribution in [-0.4, -0.2) is 10.1 Å². The van der Waals surface area contributed by atoms with E-state index in [0.717, 1.165) is 18.7 Å². The van der Waals surface area contributed by atoms with Gasteiger partial charge in [0.05, 0.1) is 6.04 Å². The minimum Gasteiger partial charge on any atom is -0.339 e. The molecule has 1 heterocycles. The van der Waals surface area contributed by atoms with Crippen molar-refractivity contribution in [2.45, 2.75) is 70.8 Å². The minimum atomic E-state index is -0.0972. The molecule has 0 spiro atoms. The van der Waals surface area contributed by atoms with Crippen molar-refractivity contribution in [3.63, 3.8) is 0 Å². The average molecular weight is 251 g/mol. The summed E-state index contributed by atoms with van der Waals surface area (Å²) in [7, 11) is 0. The van der Waals surface area contributed by atoms with Crippen LogP contribution in [0, 0.1) is 5.92 Å². The SMILES string of the molecule is CCC(N)c1noc(C2(CC(C)C)CCCC2)n1. The molecule has 102 valence electrons. The lowest BCUT2D eigenvalue weighted by Crippen LogP contribution is -2.25. The Morgan fingerprint density at radius 2 is 2.00 bits per heavy atom. The lowest BCUT2D eigenvalue weighted by molar-refractivity contribution is 0.243. The van der Waals surface area contributed by atoms with Gasteiger partial charge in [-0.25, -0.2) is 0 Å². The molecule has 4 nitrogen and oxygen atoms in total. The molecular formula is C14H25N3O. The summed E-state index contributed by atoms with van der Waals surface area (Å²) in [5, 5.41) is 4.07. The van der Waals surface area contributed by atoms with Crippen LogP contribution in [0.1, 0.15) is 77.1 Å². The first-order valence-electron chi connectivity index (χ1n) is 7.17. The maximum atomic E-state index is 5.97. The van der Waals surface area contributed by atoms with Crippen molar-refractivity contribution in [3.05, 3.63) is 11.7 Å². The van der Waals surface area contributed by atoms with Crippen LogP contribution >= 0.6 is 0 Å². The molecule has 0 radical (unpaired) electrons. The maximum absolute atomic E-state index is 5.97. The van der Waals surface area contributed by atoms with E-state index in [0.29, 0.717) is 11.7 Å². The molecule has 18 heavy (non-hydrogen) atoms. The van der Waals surface area contributed by atoms with Gasteiger partial charge < -0.3 is 10.3 Å². The van der Waals surface area contributed by atoms with Gasteiger partial charge in [-0.3, -0.25) is 0 Å². The van der Waals surface area contributed by atoms with Crippen molar-refractivity contribution in [2.24, 2.45) is 11.7 Å². The monoisotopic (exact) mass is 251 g/mol. The van der Waals surface area contributed by atoms with E-state index in [4.69, 9.17) is 10.3 Å². The van der Waals surface area contributed by atoms with Crippen LogP contribution in [0.5, 0.6) is 0 Å². The summed E-state index contributed by atoms with van der Waals surface area (Å²) in [6.07, 6.45) is 6.86. The molecule has 0 bridgehead atoms. The van der Waals surface area contributed by atoms with E-state index >= 15 is 0 Å². The van der Waals surface area contributed by atoms with Crippen LogP contribution in [0.25, 0.3) is 0 Å². The second kappa shape index (κ2) is 5.39. The van der Waals surface area contributed by atoms with Crippen LogP contribution in [0.2, 0.25) is 0 Å². The van der Waals surface area contributed by atoms with E-state index in [2.05, 4.69) is 24.0 Å². The summed E-state index contributed by atoms with van der Waals surface area (Å²) in [6.45, 7) is 6.56. The number of nitrogens with zero attached hydrogens (tertiary/aromatic N) is 2. The normalized spacial score (nSPS) is 20.5. The summed E-state index contributed by atoms with van der Waals surface area (Å²) >= 11 is 0. The van der Waals surface area contributed by atoms with E-state index in [-0.39, 0.29) is 11.5 Å². The van der Waals surface area contributed by atoms with Crippen LogP contribution in [-0.2, 0) is 5.41 Å². The molecule has 2 rings (SSSR count). The average Bonchev–Trinajstić information content (AvgIpc) is 2.96. The number of rotatable bonds is 5. The van der Waals surface area contributed by atoms with Crippen LogP contribution in [0.4, 0.5) is 0 Å². The predicted molar refractivity (Wildman–Crippen MR) is 71.1 cm³/mol. The van der Waals surface area contributed by atoms with E-state index in [1.807, 2.05) is 6.92 Å². The van der Waals surface area contributed by atoms with Gasteiger partial charge in [0.15, 0.2) is 5.82 Å². The Morgan fingerprint density at radius 3 is 2.56 bits per heavy atom. The Balaban J connectivity index is 2.23. The molecule has 1 aliphatic rings. The van der Waals surface area contributed by atoms with E-state index in [1.54, 1.807) is 0 Å². The van der Waals surface area contributed by atoms with Gasteiger partial charge in [-0.2, -0.15) is 4.98 Å². The first-order valence-corrected chi connectivity index (χ1v) is 7.17. The third-order valence-electron chi connectivity index (χ3n) is 4.03. The first kappa shape index (κ1) is 13.5. The third-order valence-corrected chi connectivity index (χ3v) is 4.03. The zero-order valence-electron chi connectivity index (χ0n) is 11.8. The second-order valence-corrected chi connectivity index (χ2v) is 6.06. The molecule has 0 amide bonds. The standard InChI is InChI=1S/C14H25N3O/c1-4-11(15)12-16-13(18-17-12)14(9-10(2)3)7-5-6-8-14/h10-11H,4-9,15H2,1-3H3. The third kappa shape index (κ3) is 2.58. The van der Waals surface area contributed by atoms with E-state index < -0.39 is 0 Å². The Bertz CT molecular complexity index is 380. The fourth-order valence-corrected chi connectivity index (χ4v) is 3.12. The van der Waals surface area contributed by atoms with E-state index in [9.17, 15) is 0 Å². The number of aromatic nitrogens is 2. The lowest BCUT2D eigenvalue weighted by Gasteiger charge is -2.26. The fourth-order valence-electron chi connectivity index (χ4n) is 3.12. The highest BCUT2D eigenvalue weighted by molar-refractivity contribution is 5.09. The van der Waals surface area contributed by atoms with Gasteiger partial charge in [-0.1, -0.05) is 38.8 Å². The summed E-state index contributed by atoms with van der Waals surface area (Å²) < 4.78 is 5.53. The van der Waals surface area contributed by atoms with E-state index in [1.165, 1.54) is 25.7 Å². The zero-order valence-corrected chi connectivity index (χ0v) is 11.8. The highest BCUT2D eigenvalue weighted by Gasteiger charge is 2.41. The molecule has 1 atom stereocenters. The number of nitrogens with two attached hydrogens (primary N) is 1. The highest BCUT2D eigenvalue weighted by Crippen LogP contribution is 2.45. The number of hydrogen-bond acceptors (Lipinski definition) is 4. The second-order valence-electron chi connectivity index (χ2n) is 6.06. The summed E-state index contributed by atoms with van der Waals surface area (Å²) in [5.74, 6) is 2.15. The van der Waals surface area contributed by atoms with Gasteiger partial charge >= 0.3 is 0 Å². The Hall–Kier alpha value is -0.900. The molecular weight excluding hydrogens is 226 g/mol. The molecule has 1 unspecified atom stereocenters. The molecule has 0 aromatic carbocycles. The Labute approximate surface area is 109 Å². The molecule has 1 aliphatic carbocycles. The van der Waals surface area contributed by atoms with Gasteiger partial charge in [0, 0.05) is 5.41 Å². The van der Waals surface area contributed by atoms with Crippen LogP contribution in [0.15, 0.2) is 4.52 Å². The van der Waals surface area contributed by atoms with Crippen molar-refractivity contribution in [3.8, 4) is 0 Å². The quantitative estimate of drug-likeness (QED) is 0.871. The summed E-state index contributed by atoms with van der Waals surface area (Å²) in [5.41, 5.74) is 6.08. The Morgan fingerprint density at radius 1 is 1.33 bits per heavy atom. The van der Waals surface area contributed by atoms with Crippen molar-refractivity contribution in [1.29, 1.82) is 0 Å². The summed E-state index contributed by atoms with van der Waals surface area (Å²) in [4.78, 5) is 4.59. The molecule has 2 N–H and O–H groups in total. The largest absolute Gasteiger partial charge is 0.339 e. The van der Waals surface area contributed by atoms with Gasteiger partial charge in [0.1, 0.15) is 0 Å². The van der Waals surface area contributed by atoms with Crippen LogP contribution < -0.4 is 5.73 Å². The topological polar surface area (TPSA) is 64.9 Å². The maximum Gasteiger partial charge on any atom is 0.232 e. The molecule has 0 aliphatic heterocycles. The van der Waals surface area contributed by atoms with Crippen molar-refractivity contribution < 1.29 is 4.52 Å². The van der Waals surface area contributed by atoms with Crippen molar-refractivity contribution >= 4 is 0 Å². The fraction of sp³-hybridized carbons (Fsp3) is 0.857. The van der Waals surface area contributed by atoms with Gasteiger partial charge in [0.2, 0.25) is 5.89 Å². The first-order chi connectivity index (χ1) is 8.57. The van der Waals surface area contributed by atoms with Crippen LogP contribution in [0.3, 0.4) is 0 Å². The van der Waals surface area contributed by atoms with Gasteiger partial charge in [-0.05, 0) is 31.6 Å². The van der Waals surface area contributed by atoms with Crippen molar-refractivity contribution in [2.75, 3.05) is 0 Å². The molecule has 1 aromatic heterocycles. The Kier molecular flexibility index (Phi) is 4.05. The minimum absolute atomic E-state index is 0.0972. The van der Waals surface area contributed by atoms with Crippen molar-refractivity contribution in [1.82, 2.24) is 10.1 Å². The molecule has 1 fully saturated rings. The lowest BCUT2D eigenvalue weighted by atomic mass is 9.78. The summed E-state index contributed by atoms with van der Waals surface area (Å²) in [6, 6.07) is -0.0972. The van der Waals surface area contributed by atoms with Gasteiger partial charge in [0.25, 0.3) is 0 Å².